The van der Waals surface area contributed by atoms with Crippen LogP contribution in [0, 0.1) is 0 Å². The van der Waals surface area contributed by atoms with Crippen LogP contribution < -0.4 is 5.32 Å². The van der Waals surface area contributed by atoms with Crippen LogP contribution in [-0.2, 0) is 0 Å². The van der Waals surface area contributed by atoms with E-state index in [4.69, 9.17) is 0 Å². The van der Waals surface area contributed by atoms with Gasteiger partial charge in [0, 0.05) is 24.6 Å². The summed E-state index contributed by atoms with van der Waals surface area (Å²) in [6.45, 7) is 5.12. The van der Waals surface area contributed by atoms with Gasteiger partial charge in [0.2, 0.25) is 0 Å². The molecule has 0 spiro atoms. The summed E-state index contributed by atoms with van der Waals surface area (Å²) in [5, 5.41) is 3.02. The summed E-state index contributed by atoms with van der Waals surface area (Å²) in [5.74, 6) is 0.495. The highest BCUT2D eigenvalue weighted by Gasteiger charge is 2.29. The van der Waals surface area contributed by atoms with Crippen LogP contribution >= 0.6 is 0 Å². The topological polar surface area (TPSA) is 45.2 Å². The van der Waals surface area contributed by atoms with Crippen molar-refractivity contribution in [3.05, 3.63) is 59.9 Å². The zero-order valence-electron chi connectivity index (χ0n) is 13.7. The van der Waals surface area contributed by atoms with Crippen molar-refractivity contribution in [2.45, 2.75) is 38.6 Å². The van der Waals surface area contributed by atoms with Crippen LogP contribution in [0.4, 0.5) is 10.5 Å². The van der Waals surface area contributed by atoms with Gasteiger partial charge in [-0.2, -0.15) is 0 Å². The van der Waals surface area contributed by atoms with E-state index in [2.05, 4.69) is 36.3 Å². The monoisotopic (exact) mass is 309 g/mol. The molecular formula is C19H23N3O. The smallest absolute Gasteiger partial charge is 0.317 e. The van der Waals surface area contributed by atoms with Crippen molar-refractivity contribution < 1.29 is 4.79 Å². The highest BCUT2D eigenvalue weighted by molar-refractivity contribution is 5.89. The molecule has 0 aliphatic carbocycles. The van der Waals surface area contributed by atoms with Crippen LogP contribution in [-0.4, -0.2) is 22.5 Å². The first-order valence-electron chi connectivity index (χ1n) is 8.22. The van der Waals surface area contributed by atoms with E-state index in [0.717, 1.165) is 30.6 Å². The van der Waals surface area contributed by atoms with Crippen molar-refractivity contribution in [2.24, 2.45) is 0 Å². The molecule has 3 rings (SSSR count). The van der Waals surface area contributed by atoms with Crippen LogP contribution in [0.5, 0.6) is 0 Å². The first kappa shape index (κ1) is 15.5. The van der Waals surface area contributed by atoms with Crippen molar-refractivity contribution in [3.63, 3.8) is 0 Å². The lowest BCUT2D eigenvalue weighted by molar-refractivity contribution is 0.207. The number of nitrogens with one attached hydrogen (secondary N) is 1. The molecule has 1 aromatic carbocycles. The van der Waals surface area contributed by atoms with E-state index in [-0.39, 0.29) is 12.1 Å². The van der Waals surface area contributed by atoms with Crippen LogP contribution in [0.3, 0.4) is 0 Å². The van der Waals surface area contributed by atoms with Gasteiger partial charge in [-0.15, -0.1) is 0 Å². The Kier molecular flexibility index (Phi) is 4.60. The maximum Gasteiger partial charge on any atom is 0.322 e. The highest BCUT2D eigenvalue weighted by atomic mass is 16.2. The van der Waals surface area contributed by atoms with E-state index in [1.807, 2.05) is 29.2 Å². The lowest BCUT2D eigenvalue weighted by atomic mass is 10.0. The molecule has 1 unspecified atom stereocenters. The minimum atomic E-state index is -0.0263. The predicted molar refractivity (Wildman–Crippen MR) is 92.5 cm³/mol. The molecule has 1 aromatic heterocycles. The summed E-state index contributed by atoms with van der Waals surface area (Å²) in [7, 11) is 0. The molecule has 23 heavy (non-hydrogen) atoms. The van der Waals surface area contributed by atoms with Crippen LogP contribution in [0.2, 0.25) is 0 Å². The van der Waals surface area contributed by atoms with Gasteiger partial charge in [0.15, 0.2) is 0 Å². The van der Waals surface area contributed by atoms with E-state index >= 15 is 0 Å². The summed E-state index contributed by atoms with van der Waals surface area (Å²) in [6, 6.07) is 12.2. The molecule has 1 N–H and O–H groups in total. The van der Waals surface area contributed by atoms with Crippen LogP contribution in [0.15, 0.2) is 48.8 Å². The molecule has 120 valence electrons. The number of hydrogen-bond donors (Lipinski definition) is 1. The Labute approximate surface area is 137 Å². The summed E-state index contributed by atoms with van der Waals surface area (Å²) >= 11 is 0. The Morgan fingerprint density at radius 2 is 1.87 bits per heavy atom. The molecule has 4 heteroatoms. The number of pyridine rings is 1. The minimum Gasteiger partial charge on any atom is -0.317 e. The fourth-order valence-corrected chi connectivity index (χ4v) is 3.09. The number of urea groups is 1. The van der Waals surface area contributed by atoms with Gasteiger partial charge in [0.05, 0.1) is 6.04 Å². The largest absolute Gasteiger partial charge is 0.322 e. The van der Waals surface area contributed by atoms with Gasteiger partial charge in [-0.3, -0.25) is 4.98 Å². The van der Waals surface area contributed by atoms with E-state index in [0.29, 0.717) is 5.92 Å². The third-order valence-corrected chi connectivity index (χ3v) is 4.43. The molecule has 2 aromatic rings. The third-order valence-electron chi connectivity index (χ3n) is 4.43. The maximum absolute atomic E-state index is 12.6. The summed E-state index contributed by atoms with van der Waals surface area (Å²) in [4.78, 5) is 18.6. The molecular weight excluding hydrogens is 286 g/mol. The Morgan fingerprint density at radius 1 is 1.17 bits per heavy atom. The van der Waals surface area contributed by atoms with Crippen molar-refractivity contribution >= 4 is 11.7 Å². The maximum atomic E-state index is 12.6. The number of carbonyl (C=O) groups excluding carboxylic acids is 1. The Hall–Kier alpha value is -2.36. The van der Waals surface area contributed by atoms with E-state index in [1.165, 1.54) is 5.56 Å². The lowest BCUT2D eigenvalue weighted by Crippen LogP contribution is -2.34. The third kappa shape index (κ3) is 3.52. The Bertz CT molecular complexity index is 652. The highest BCUT2D eigenvalue weighted by Crippen LogP contribution is 2.32. The number of nitrogens with zero attached hydrogens (tertiary/aromatic N) is 2. The van der Waals surface area contributed by atoms with Crippen molar-refractivity contribution in [1.82, 2.24) is 9.88 Å². The fraction of sp³-hybridized carbons (Fsp3) is 0.368. The standard InChI is InChI=1S/C19H23N3O/c1-14(2)15-5-7-17(8-6-15)21-19(23)22-13-3-4-18(22)16-9-11-20-12-10-16/h5-12,14,18H,3-4,13H2,1-2H3,(H,21,23). The van der Waals surface area contributed by atoms with Gasteiger partial charge in [-0.05, 0) is 54.2 Å². The summed E-state index contributed by atoms with van der Waals surface area (Å²) in [5.41, 5.74) is 3.28. The number of likely N-dealkylation sites (tertiary alicyclic amines) is 1. The number of hydrogen-bond acceptors (Lipinski definition) is 2. The van der Waals surface area contributed by atoms with Gasteiger partial charge in [0.25, 0.3) is 0 Å². The number of anilines is 1. The first-order chi connectivity index (χ1) is 11.1. The Balaban J connectivity index is 1.70. The van der Waals surface area contributed by atoms with Crippen molar-refractivity contribution in [3.8, 4) is 0 Å². The van der Waals surface area contributed by atoms with E-state index in [9.17, 15) is 4.79 Å². The molecule has 0 bridgehead atoms. The molecule has 1 fully saturated rings. The van der Waals surface area contributed by atoms with Crippen molar-refractivity contribution in [2.75, 3.05) is 11.9 Å². The second-order valence-corrected chi connectivity index (χ2v) is 6.34. The average Bonchev–Trinajstić information content (AvgIpc) is 3.06. The number of carbonyl (C=O) groups is 1. The van der Waals surface area contributed by atoms with Crippen molar-refractivity contribution in [1.29, 1.82) is 0 Å². The zero-order valence-corrected chi connectivity index (χ0v) is 13.7. The molecule has 1 aliphatic rings. The lowest BCUT2D eigenvalue weighted by Gasteiger charge is -2.25. The molecule has 1 saturated heterocycles. The minimum absolute atomic E-state index is 0.0263. The zero-order chi connectivity index (χ0) is 16.2. The molecule has 2 heterocycles. The molecule has 1 aliphatic heterocycles. The molecule has 2 amide bonds. The van der Waals surface area contributed by atoms with Gasteiger partial charge < -0.3 is 10.2 Å². The molecule has 1 atom stereocenters. The van der Waals surface area contributed by atoms with E-state index < -0.39 is 0 Å². The molecule has 0 radical (unpaired) electrons. The summed E-state index contributed by atoms with van der Waals surface area (Å²) in [6.07, 6.45) is 5.61. The average molecular weight is 309 g/mol. The normalized spacial score (nSPS) is 17.5. The van der Waals surface area contributed by atoms with E-state index in [1.54, 1.807) is 12.4 Å². The number of amides is 2. The second-order valence-electron chi connectivity index (χ2n) is 6.34. The quantitative estimate of drug-likeness (QED) is 0.902. The first-order valence-corrected chi connectivity index (χ1v) is 8.22. The molecule has 4 nitrogen and oxygen atoms in total. The number of rotatable bonds is 3. The van der Waals surface area contributed by atoms with Gasteiger partial charge in [-0.25, -0.2) is 4.79 Å². The van der Waals surface area contributed by atoms with Crippen LogP contribution in [0.25, 0.3) is 0 Å². The van der Waals surface area contributed by atoms with Gasteiger partial charge in [-0.1, -0.05) is 26.0 Å². The second kappa shape index (κ2) is 6.82. The Morgan fingerprint density at radius 3 is 2.52 bits per heavy atom. The predicted octanol–water partition coefficient (Wildman–Crippen LogP) is 4.57. The number of aromatic nitrogens is 1. The van der Waals surface area contributed by atoms with Gasteiger partial charge in [0.1, 0.15) is 0 Å². The van der Waals surface area contributed by atoms with Crippen LogP contribution in [0.1, 0.15) is 49.8 Å². The van der Waals surface area contributed by atoms with Gasteiger partial charge >= 0.3 is 6.03 Å². The molecule has 0 saturated carbocycles. The SMILES string of the molecule is CC(C)c1ccc(NC(=O)N2CCCC2c2ccncc2)cc1. The number of benzene rings is 1. The summed E-state index contributed by atoms with van der Waals surface area (Å²) < 4.78 is 0. The fourth-order valence-electron chi connectivity index (χ4n) is 3.09.